The molecule has 1 aliphatic rings. The molecule has 0 aliphatic carbocycles. The molecule has 1 saturated heterocycles. The largest absolute Gasteiger partial charge is 0.494 e. The molecular formula is C28H28BrN5O3S2. The number of thiocarbonyl (C=S) groups is 1. The summed E-state index contributed by atoms with van der Waals surface area (Å²) in [5.41, 5.74) is 6.26. The average molecular weight is 627 g/mol. The number of nitrogens with zero attached hydrogens (tertiary/aromatic N) is 3. The number of rotatable bonds is 7. The number of anilines is 2. The van der Waals surface area contributed by atoms with Crippen molar-refractivity contribution in [2.75, 3.05) is 23.0 Å². The van der Waals surface area contributed by atoms with Crippen LogP contribution in [-0.4, -0.2) is 36.4 Å². The Hall–Kier alpha value is -3.41. The van der Waals surface area contributed by atoms with Crippen molar-refractivity contribution in [3.05, 3.63) is 100 Å². The summed E-state index contributed by atoms with van der Waals surface area (Å²) in [4.78, 5) is 6.70. The van der Waals surface area contributed by atoms with Gasteiger partial charge in [-0.2, -0.15) is 0 Å². The Balaban J connectivity index is 1.67. The normalized spacial score (nSPS) is 17.3. The Morgan fingerprint density at radius 3 is 2.49 bits per heavy atom. The average Bonchev–Trinajstić information content (AvgIpc) is 3.39. The lowest BCUT2D eigenvalue weighted by Crippen LogP contribution is -2.29. The summed E-state index contributed by atoms with van der Waals surface area (Å²) in [7, 11) is -1.98. The topological polar surface area (TPSA) is 88.5 Å². The Morgan fingerprint density at radius 1 is 1.08 bits per heavy atom. The van der Waals surface area contributed by atoms with Crippen molar-refractivity contribution in [1.29, 1.82) is 0 Å². The van der Waals surface area contributed by atoms with E-state index in [-0.39, 0.29) is 12.1 Å². The Bertz CT molecular complexity index is 1660. The molecule has 11 heteroatoms. The van der Waals surface area contributed by atoms with E-state index in [1.807, 2.05) is 47.4 Å². The highest BCUT2D eigenvalue weighted by Crippen LogP contribution is 2.45. The number of benzene rings is 2. The van der Waals surface area contributed by atoms with Crippen molar-refractivity contribution in [1.82, 2.24) is 14.9 Å². The molecule has 3 heterocycles. The molecule has 0 amide bonds. The molecule has 39 heavy (non-hydrogen) atoms. The van der Waals surface area contributed by atoms with Crippen molar-refractivity contribution < 1.29 is 13.2 Å². The molecule has 4 aromatic rings. The van der Waals surface area contributed by atoms with E-state index in [0.717, 1.165) is 44.7 Å². The minimum Gasteiger partial charge on any atom is -0.494 e. The van der Waals surface area contributed by atoms with Crippen molar-refractivity contribution >= 4 is 54.7 Å². The zero-order chi connectivity index (χ0) is 27.9. The zero-order valence-electron chi connectivity index (χ0n) is 21.8. The van der Waals surface area contributed by atoms with Gasteiger partial charge in [0.1, 0.15) is 5.75 Å². The first-order valence-electron chi connectivity index (χ1n) is 12.2. The highest BCUT2D eigenvalue weighted by molar-refractivity contribution is 9.10. The summed E-state index contributed by atoms with van der Waals surface area (Å²) in [6, 6.07) is 21.0. The van der Waals surface area contributed by atoms with E-state index < -0.39 is 10.0 Å². The van der Waals surface area contributed by atoms with Crippen LogP contribution in [0.25, 0.3) is 5.69 Å². The van der Waals surface area contributed by atoms with Gasteiger partial charge in [-0.15, -0.1) is 0 Å². The predicted molar refractivity (Wildman–Crippen MR) is 162 cm³/mol. The SMILES string of the molecule is COc1cc(N2C(=S)N[C@H](c3ccccn3)[C@H]2c2cc(C)n(-c3ccccc3Br)c2C)ccc1NS(C)(=O)=O. The molecule has 2 N–H and O–H groups in total. The van der Waals surface area contributed by atoms with Gasteiger partial charge in [-0.25, -0.2) is 8.42 Å². The molecule has 5 rings (SSSR count). The first-order valence-corrected chi connectivity index (χ1v) is 15.3. The van der Waals surface area contributed by atoms with Crippen LogP contribution in [0.2, 0.25) is 0 Å². The van der Waals surface area contributed by atoms with Gasteiger partial charge in [-0.05, 0) is 90.0 Å². The molecular weight excluding hydrogens is 598 g/mol. The van der Waals surface area contributed by atoms with E-state index in [9.17, 15) is 8.42 Å². The van der Waals surface area contributed by atoms with Crippen LogP contribution >= 0.6 is 28.1 Å². The van der Waals surface area contributed by atoms with Crippen molar-refractivity contribution in [3.63, 3.8) is 0 Å². The fraction of sp³-hybridized carbons (Fsp3) is 0.214. The van der Waals surface area contributed by atoms with Crippen LogP contribution in [0.5, 0.6) is 5.75 Å². The van der Waals surface area contributed by atoms with Gasteiger partial charge in [0, 0.05) is 33.8 Å². The van der Waals surface area contributed by atoms with E-state index in [1.165, 1.54) is 7.11 Å². The molecule has 8 nitrogen and oxygen atoms in total. The summed E-state index contributed by atoms with van der Waals surface area (Å²) >= 11 is 9.60. The monoisotopic (exact) mass is 625 g/mol. The van der Waals surface area contributed by atoms with E-state index in [0.29, 0.717) is 16.5 Å². The summed E-state index contributed by atoms with van der Waals surface area (Å²) in [6.07, 6.45) is 2.88. The maximum atomic E-state index is 11.9. The molecule has 2 atom stereocenters. The van der Waals surface area contributed by atoms with Crippen molar-refractivity contribution in [2.24, 2.45) is 0 Å². The van der Waals surface area contributed by atoms with Gasteiger partial charge < -0.3 is 19.5 Å². The number of halogens is 1. The van der Waals surface area contributed by atoms with Gasteiger partial charge >= 0.3 is 0 Å². The van der Waals surface area contributed by atoms with Gasteiger partial charge in [-0.1, -0.05) is 18.2 Å². The maximum absolute atomic E-state index is 11.9. The van der Waals surface area contributed by atoms with Crippen LogP contribution in [0.3, 0.4) is 0 Å². The first-order chi connectivity index (χ1) is 18.6. The summed E-state index contributed by atoms with van der Waals surface area (Å²) in [5, 5.41) is 4.02. The predicted octanol–water partition coefficient (Wildman–Crippen LogP) is 5.81. The number of methoxy groups -OCH3 is 1. The summed E-state index contributed by atoms with van der Waals surface area (Å²) < 4.78 is 35.1. The summed E-state index contributed by atoms with van der Waals surface area (Å²) in [5.74, 6) is 0.388. The molecule has 202 valence electrons. The second kappa shape index (κ2) is 10.6. The lowest BCUT2D eigenvalue weighted by molar-refractivity contribution is 0.417. The Labute approximate surface area is 242 Å². The molecule has 0 bridgehead atoms. The van der Waals surface area contributed by atoms with Gasteiger partial charge in [0.2, 0.25) is 10.0 Å². The van der Waals surface area contributed by atoms with E-state index in [1.54, 1.807) is 18.3 Å². The minimum absolute atomic E-state index is 0.230. The van der Waals surface area contributed by atoms with Crippen LogP contribution in [-0.2, 0) is 10.0 Å². The number of hydrogen-bond donors (Lipinski definition) is 2. The molecule has 2 aromatic heterocycles. The van der Waals surface area contributed by atoms with Gasteiger partial charge in [-0.3, -0.25) is 9.71 Å². The van der Waals surface area contributed by atoms with E-state index in [4.69, 9.17) is 17.0 Å². The van der Waals surface area contributed by atoms with Crippen molar-refractivity contribution in [3.8, 4) is 11.4 Å². The van der Waals surface area contributed by atoms with Gasteiger partial charge in [0.15, 0.2) is 5.11 Å². The fourth-order valence-corrected chi connectivity index (χ4v) is 6.53. The lowest BCUT2D eigenvalue weighted by atomic mass is 9.96. The number of ether oxygens (including phenoxy) is 1. The van der Waals surface area contributed by atoms with Crippen molar-refractivity contribution in [2.45, 2.75) is 25.9 Å². The molecule has 0 saturated carbocycles. The number of aromatic nitrogens is 2. The lowest BCUT2D eigenvalue weighted by Gasteiger charge is -2.29. The molecule has 0 spiro atoms. The Kier molecular flexibility index (Phi) is 7.41. The second-order valence-electron chi connectivity index (χ2n) is 9.37. The zero-order valence-corrected chi connectivity index (χ0v) is 25.1. The molecule has 2 aromatic carbocycles. The smallest absolute Gasteiger partial charge is 0.229 e. The number of hydrogen-bond acceptors (Lipinski definition) is 5. The third kappa shape index (κ3) is 5.26. The summed E-state index contributed by atoms with van der Waals surface area (Å²) in [6.45, 7) is 4.20. The van der Waals surface area contributed by atoms with Crippen LogP contribution in [0.1, 0.15) is 34.7 Å². The minimum atomic E-state index is -3.49. The molecule has 1 fully saturated rings. The molecule has 1 aliphatic heterocycles. The maximum Gasteiger partial charge on any atom is 0.229 e. The molecule has 0 unspecified atom stereocenters. The first kappa shape index (κ1) is 27.2. The van der Waals surface area contributed by atoms with Gasteiger partial charge in [0.25, 0.3) is 0 Å². The highest BCUT2D eigenvalue weighted by Gasteiger charge is 2.42. The number of para-hydroxylation sites is 1. The number of nitrogens with one attached hydrogen (secondary N) is 2. The third-order valence-corrected chi connectivity index (χ3v) is 8.31. The highest BCUT2D eigenvalue weighted by atomic mass is 79.9. The molecule has 0 radical (unpaired) electrons. The van der Waals surface area contributed by atoms with Crippen LogP contribution in [0, 0.1) is 13.8 Å². The third-order valence-electron chi connectivity index (χ3n) is 6.74. The number of aryl methyl sites for hydroxylation is 1. The van der Waals surface area contributed by atoms with Crippen LogP contribution in [0.4, 0.5) is 11.4 Å². The fourth-order valence-electron chi connectivity index (χ4n) is 5.15. The standard InChI is InChI=1S/C28H28BrN5O3S2/c1-17-15-20(18(2)33(17)24-11-6-5-9-21(24)29)27-26(23-10-7-8-14-30-23)31-28(38)34(27)19-12-13-22(25(16-19)37-3)32-39(4,35)36/h5-16,26-27,32H,1-4H3,(H,31,38)/t26-,27-/m1/s1. The number of pyridine rings is 1. The quantitative estimate of drug-likeness (QED) is 0.251. The second-order valence-corrected chi connectivity index (χ2v) is 12.4. The van der Waals surface area contributed by atoms with Gasteiger partial charge in [0.05, 0.1) is 42.5 Å². The van der Waals surface area contributed by atoms with E-state index in [2.05, 4.69) is 61.5 Å². The van der Waals surface area contributed by atoms with E-state index >= 15 is 0 Å². The van der Waals surface area contributed by atoms with Crippen LogP contribution in [0.15, 0.2) is 77.4 Å². The van der Waals surface area contributed by atoms with Crippen LogP contribution < -0.4 is 19.7 Å². The Morgan fingerprint density at radius 2 is 1.82 bits per heavy atom. The number of sulfonamides is 1.